The van der Waals surface area contributed by atoms with Gasteiger partial charge in [0.25, 0.3) is 5.91 Å². The molecule has 0 spiro atoms. The monoisotopic (exact) mass is 472 g/mol. The molecule has 2 amide bonds. The number of amides is 2. The third-order valence-corrected chi connectivity index (χ3v) is 5.15. The van der Waals surface area contributed by atoms with Crippen molar-refractivity contribution >= 4 is 46.6 Å². The Morgan fingerprint density at radius 2 is 1.72 bits per heavy atom. The fraction of sp³-hybridized carbons (Fsp3) is 0.600. The summed E-state index contributed by atoms with van der Waals surface area (Å²) in [5, 5.41) is 4.93. The third-order valence-electron chi connectivity index (χ3n) is 4.22. The molecule has 1 aliphatic rings. The largest absolute Gasteiger partial charge is 0.466 e. The van der Waals surface area contributed by atoms with Crippen molar-refractivity contribution in [3.05, 3.63) is 12.2 Å². The van der Waals surface area contributed by atoms with Gasteiger partial charge in [-0.3, -0.25) is 19.2 Å². The highest BCUT2D eigenvalue weighted by atomic mass is 32.2. The molecule has 1 saturated heterocycles. The van der Waals surface area contributed by atoms with Crippen LogP contribution in [0.4, 0.5) is 0 Å². The van der Waals surface area contributed by atoms with Gasteiger partial charge >= 0.3 is 17.9 Å². The molecule has 0 aromatic heterocycles. The molecule has 0 saturated carbocycles. The van der Waals surface area contributed by atoms with Crippen LogP contribution in [0.25, 0.3) is 0 Å². The summed E-state index contributed by atoms with van der Waals surface area (Å²) in [5.41, 5.74) is -1.16. The number of esters is 3. The maximum Gasteiger partial charge on any atom is 0.331 e. The molecule has 0 aromatic carbocycles. The molecule has 2 N–H and O–H groups in total. The van der Waals surface area contributed by atoms with Crippen LogP contribution < -0.4 is 10.6 Å². The molecule has 1 fully saturated rings. The molecule has 0 radical (unpaired) electrons. The van der Waals surface area contributed by atoms with Gasteiger partial charge in [-0.1, -0.05) is 25.6 Å². The van der Waals surface area contributed by atoms with Gasteiger partial charge < -0.3 is 24.8 Å². The van der Waals surface area contributed by atoms with Gasteiger partial charge in [-0.2, -0.15) is 0 Å². The van der Waals surface area contributed by atoms with E-state index in [1.807, 2.05) is 0 Å². The van der Waals surface area contributed by atoms with Crippen LogP contribution >= 0.6 is 11.8 Å². The Kier molecular flexibility index (Phi) is 11.5. The van der Waals surface area contributed by atoms with Gasteiger partial charge in [0.2, 0.25) is 5.91 Å². The Morgan fingerprint density at radius 1 is 1.03 bits per heavy atom. The van der Waals surface area contributed by atoms with E-state index in [2.05, 4.69) is 15.4 Å². The number of carbonyl (C=O) groups excluding carboxylic acids is 6. The molecule has 1 atom stereocenters. The van der Waals surface area contributed by atoms with E-state index in [1.165, 1.54) is 0 Å². The summed E-state index contributed by atoms with van der Waals surface area (Å²) in [6.07, 6.45) is 0.0388. The number of methoxy groups -OCH3 is 1. The lowest BCUT2D eigenvalue weighted by Crippen LogP contribution is -2.49. The van der Waals surface area contributed by atoms with Crippen molar-refractivity contribution in [3.63, 3.8) is 0 Å². The van der Waals surface area contributed by atoms with Crippen molar-refractivity contribution in [3.8, 4) is 0 Å². The van der Waals surface area contributed by atoms with Crippen LogP contribution in [0, 0.1) is 5.41 Å². The molecule has 0 aromatic rings. The number of rotatable bonds is 3. The van der Waals surface area contributed by atoms with Crippen LogP contribution in [0.15, 0.2) is 12.2 Å². The van der Waals surface area contributed by atoms with Gasteiger partial charge in [-0.25, -0.2) is 9.59 Å². The van der Waals surface area contributed by atoms with Crippen molar-refractivity contribution < 1.29 is 43.0 Å². The smallest absolute Gasteiger partial charge is 0.331 e. The first-order chi connectivity index (χ1) is 15.0. The van der Waals surface area contributed by atoms with E-state index in [4.69, 9.17) is 9.47 Å². The van der Waals surface area contributed by atoms with Crippen molar-refractivity contribution in [1.29, 1.82) is 0 Å². The average molecular weight is 473 g/mol. The Balaban J connectivity index is 2.97. The van der Waals surface area contributed by atoms with Gasteiger partial charge in [0, 0.05) is 49.3 Å². The second-order valence-electron chi connectivity index (χ2n) is 7.43. The van der Waals surface area contributed by atoms with E-state index in [0.717, 1.165) is 31.0 Å². The van der Waals surface area contributed by atoms with E-state index in [0.29, 0.717) is 5.75 Å². The van der Waals surface area contributed by atoms with E-state index in [9.17, 15) is 28.8 Å². The van der Waals surface area contributed by atoms with Crippen molar-refractivity contribution in [2.24, 2.45) is 5.41 Å². The lowest BCUT2D eigenvalue weighted by molar-refractivity contribution is -0.165. The first-order valence-electron chi connectivity index (χ1n) is 9.87. The minimum atomic E-state index is -1.40. The van der Waals surface area contributed by atoms with Crippen LogP contribution in [0.1, 0.15) is 33.1 Å². The van der Waals surface area contributed by atoms with E-state index in [1.54, 1.807) is 13.8 Å². The van der Waals surface area contributed by atoms with Gasteiger partial charge in [-0.15, -0.1) is 0 Å². The lowest BCUT2D eigenvalue weighted by Gasteiger charge is -2.32. The zero-order chi connectivity index (χ0) is 24.1. The number of ether oxygens (including phenoxy) is 3. The molecule has 1 heterocycles. The summed E-state index contributed by atoms with van der Waals surface area (Å²) < 4.78 is 14.8. The molecule has 12 heteroatoms. The first kappa shape index (κ1) is 27.1. The molecule has 11 nitrogen and oxygen atoms in total. The highest BCUT2D eigenvalue weighted by Gasteiger charge is 2.39. The summed E-state index contributed by atoms with van der Waals surface area (Å²) in [5.74, 6) is -3.08. The second-order valence-corrected chi connectivity index (χ2v) is 8.59. The molecule has 0 bridgehead atoms. The number of hydrogen-bond donors (Lipinski definition) is 2. The normalized spacial score (nSPS) is 21.7. The molecule has 0 unspecified atom stereocenters. The lowest BCUT2D eigenvalue weighted by atomic mass is 9.86. The third kappa shape index (κ3) is 10.4. The minimum absolute atomic E-state index is 0.0251. The molecule has 1 rings (SSSR count). The molecule has 0 aliphatic carbocycles. The summed E-state index contributed by atoms with van der Waals surface area (Å²) in [4.78, 5) is 71.7. The Bertz CT molecular complexity index is 764. The Morgan fingerprint density at radius 3 is 2.41 bits per heavy atom. The maximum absolute atomic E-state index is 12.7. The molecule has 32 heavy (non-hydrogen) atoms. The van der Waals surface area contributed by atoms with Gasteiger partial charge in [0.15, 0.2) is 11.2 Å². The van der Waals surface area contributed by atoms with Crippen LogP contribution in [-0.2, 0) is 43.0 Å². The number of cyclic esters (lactones) is 1. The van der Waals surface area contributed by atoms with Crippen molar-refractivity contribution in [1.82, 2.24) is 10.6 Å². The Hall–Kier alpha value is -2.89. The van der Waals surface area contributed by atoms with Crippen molar-refractivity contribution in [2.45, 2.75) is 39.2 Å². The van der Waals surface area contributed by atoms with E-state index >= 15 is 0 Å². The number of thioether (sulfide) groups is 1. The zero-order valence-electron chi connectivity index (χ0n) is 18.3. The summed E-state index contributed by atoms with van der Waals surface area (Å²) in [6.45, 7) is 3.04. The molecular weight excluding hydrogens is 444 g/mol. The zero-order valence-corrected chi connectivity index (χ0v) is 19.1. The van der Waals surface area contributed by atoms with E-state index in [-0.39, 0.29) is 50.0 Å². The fourth-order valence-electron chi connectivity index (χ4n) is 2.45. The van der Waals surface area contributed by atoms with Crippen LogP contribution in [0.5, 0.6) is 0 Å². The molecule has 178 valence electrons. The average Bonchev–Trinajstić information content (AvgIpc) is 2.75. The summed E-state index contributed by atoms with van der Waals surface area (Å²) in [7, 11) is 1.13. The molecular formula is C20H28N2O9S. The highest BCUT2D eigenvalue weighted by Crippen LogP contribution is 2.25. The van der Waals surface area contributed by atoms with E-state index < -0.39 is 35.3 Å². The SMILES string of the molecule is COC(=O)/C=C/C(=O)O[C@H]1C(=O)NCCC(=O)NCCSC(=O)CCC(=O)OCC1(C)C. The fourth-order valence-corrected chi connectivity index (χ4v) is 3.13. The number of carbonyl (C=O) groups is 6. The minimum Gasteiger partial charge on any atom is -0.466 e. The topological polar surface area (TPSA) is 154 Å². The summed E-state index contributed by atoms with van der Waals surface area (Å²) in [6, 6.07) is 0. The van der Waals surface area contributed by atoms with Gasteiger partial charge in [0.05, 0.1) is 13.5 Å². The maximum atomic E-state index is 12.7. The van der Waals surface area contributed by atoms with Crippen LogP contribution in [0.2, 0.25) is 0 Å². The second kappa shape index (κ2) is 13.5. The quantitative estimate of drug-likeness (QED) is 0.322. The standard InChI is InChI=1S/C20H28N2O9S/c1-20(2)12-30-15(25)6-7-17(27)32-11-10-21-13(23)8-9-22-19(28)18(20)31-16(26)5-4-14(24)29-3/h4-5,18H,6-12H2,1-3H3,(H,21,23)(H,22,28)/b5-4+/t18-/m0/s1. The van der Waals surface area contributed by atoms with Crippen molar-refractivity contribution in [2.75, 3.05) is 32.6 Å². The number of hydrogen-bond acceptors (Lipinski definition) is 10. The van der Waals surface area contributed by atoms with Gasteiger partial charge in [0.1, 0.15) is 6.61 Å². The predicted octanol–water partition coefficient (Wildman–Crippen LogP) is -0.127. The molecule has 1 aliphatic heterocycles. The number of nitrogens with one attached hydrogen (secondary N) is 2. The van der Waals surface area contributed by atoms with Crippen LogP contribution in [-0.4, -0.2) is 73.5 Å². The summed E-state index contributed by atoms with van der Waals surface area (Å²) >= 11 is 1.01. The Labute approximate surface area is 190 Å². The van der Waals surface area contributed by atoms with Crippen LogP contribution in [0.3, 0.4) is 0 Å². The highest BCUT2D eigenvalue weighted by molar-refractivity contribution is 8.13. The van der Waals surface area contributed by atoms with Gasteiger partial charge in [-0.05, 0) is 0 Å². The predicted molar refractivity (Wildman–Crippen MR) is 113 cm³/mol. The first-order valence-corrected chi connectivity index (χ1v) is 10.9.